The number of hydrogen-bond donors (Lipinski definition) is 3. The van der Waals surface area contributed by atoms with E-state index in [1.165, 1.54) is 11.1 Å². The molecule has 3 rings (SSSR count). The van der Waals surface area contributed by atoms with Crippen molar-refractivity contribution in [2.24, 2.45) is 5.92 Å². The zero-order valence-corrected chi connectivity index (χ0v) is 12.4. The van der Waals surface area contributed by atoms with Crippen molar-refractivity contribution in [2.75, 3.05) is 25.5 Å². The van der Waals surface area contributed by atoms with Gasteiger partial charge in [-0.15, -0.1) is 0 Å². The molecule has 2 aliphatic heterocycles. The summed E-state index contributed by atoms with van der Waals surface area (Å²) in [5.41, 5.74) is 3.69. The van der Waals surface area contributed by atoms with E-state index in [1.807, 2.05) is 0 Å². The van der Waals surface area contributed by atoms with Gasteiger partial charge in [0.2, 0.25) is 0 Å². The van der Waals surface area contributed by atoms with E-state index in [-0.39, 0.29) is 0 Å². The van der Waals surface area contributed by atoms with Crippen LogP contribution in [0.5, 0.6) is 0 Å². The number of aliphatic hydroxyl groups is 1. The van der Waals surface area contributed by atoms with Crippen LogP contribution in [0.2, 0.25) is 0 Å². The molecule has 3 atom stereocenters. The maximum absolute atomic E-state index is 10.3. The van der Waals surface area contributed by atoms with Crippen LogP contribution in [-0.2, 0) is 6.54 Å². The highest BCUT2D eigenvalue weighted by molar-refractivity contribution is 5.57. The van der Waals surface area contributed by atoms with Gasteiger partial charge in [-0.1, -0.05) is 19.1 Å². The van der Waals surface area contributed by atoms with Crippen LogP contribution in [0.4, 0.5) is 5.69 Å². The molecule has 4 heteroatoms. The van der Waals surface area contributed by atoms with E-state index in [2.05, 4.69) is 47.7 Å². The summed E-state index contributed by atoms with van der Waals surface area (Å²) < 4.78 is 0. The first-order valence-corrected chi connectivity index (χ1v) is 7.68. The molecule has 1 saturated heterocycles. The molecule has 0 radical (unpaired) electrons. The van der Waals surface area contributed by atoms with Crippen LogP contribution in [0, 0.1) is 5.92 Å². The maximum atomic E-state index is 10.3. The lowest BCUT2D eigenvalue weighted by molar-refractivity contribution is 0.0800. The van der Waals surface area contributed by atoms with Gasteiger partial charge < -0.3 is 20.6 Å². The number of piperidine rings is 1. The first-order valence-electron chi connectivity index (χ1n) is 7.68. The van der Waals surface area contributed by atoms with Gasteiger partial charge in [-0.3, -0.25) is 0 Å². The minimum Gasteiger partial charge on any atom is -0.373 e. The molecule has 1 fully saturated rings. The molecule has 20 heavy (non-hydrogen) atoms. The number of aliphatic hydroxyl groups excluding tert-OH is 1. The number of hydrogen-bond acceptors (Lipinski definition) is 4. The Bertz CT molecular complexity index is 477. The Balaban J connectivity index is 1.86. The molecule has 1 aromatic carbocycles. The Morgan fingerprint density at radius 2 is 2.25 bits per heavy atom. The van der Waals surface area contributed by atoms with E-state index >= 15 is 0 Å². The highest BCUT2D eigenvalue weighted by Crippen LogP contribution is 2.40. The van der Waals surface area contributed by atoms with Crippen molar-refractivity contribution in [1.82, 2.24) is 10.2 Å². The van der Waals surface area contributed by atoms with Gasteiger partial charge in [0, 0.05) is 24.2 Å². The Labute approximate surface area is 121 Å². The molecular weight excluding hydrogens is 250 g/mol. The number of anilines is 1. The largest absolute Gasteiger partial charge is 0.373 e. The molecule has 4 nitrogen and oxygen atoms in total. The fourth-order valence-electron chi connectivity index (χ4n) is 3.38. The van der Waals surface area contributed by atoms with Gasteiger partial charge in [0.15, 0.2) is 0 Å². The zero-order valence-electron chi connectivity index (χ0n) is 12.4. The molecule has 0 aliphatic carbocycles. The molecule has 2 unspecified atom stereocenters. The normalized spacial score (nSPS) is 28.7. The van der Waals surface area contributed by atoms with Crippen LogP contribution < -0.4 is 10.6 Å². The summed E-state index contributed by atoms with van der Waals surface area (Å²) in [7, 11) is 2.13. The van der Waals surface area contributed by atoms with E-state index in [4.69, 9.17) is 0 Å². The van der Waals surface area contributed by atoms with Crippen molar-refractivity contribution in [3.8, 4) is 0 Å². The fourth-order valence-corrected chi connectivity index (χ4v) is 3.38. The molecule has 2 heterocycles. The number of fused-ring (bicyclic) bond motifs is 3. The van der Waals surface area contributed by atoms with Gasteiger partial charge in [0.1, 0.15) is 6.23 Å². The second-order valence-corrected chi connectivity index (χ2v) is 6.08. The average molecular weight is 275 g/mol. The monoisotopic (exact) mass is 275 g/mol. The molecule has 0 amide bonds. The van der Waals surface area contributed by atoms with Crippen molar-refractivity contribution >= 4 is 5.69 Å². The summed E-state index contributed by atoms with van der Waals surface area (Å²) in [4.78, 5) is 2.28. The standard InChI is InChI=1S/C16H25N3O/c1-3-19(2)10-11-6-7-12-14(9-11)18-16(20)13-5-4-8-17-15(12)13/h6-7,9,13,15-18,20H,3-5,8,10H2,1-2H3/t13?,15-,16?/m1/s1. The molecule has 0 bridgehead atoms. The van der Waals surface area contributed by atoms with Crippen LogP contribution in [0.25, 0.3) is 0 Å². The van der Waals surface area contributed by atoms with E-state index in [1.54, 1.807) is 0 Å². The van der Waals surface area contributed by atoms with E-state index in [0.29, 0.717) is 12.0 Å². The number of nitrogens with one attached hydrogen (secondary N) is 2. The van der Waals surface area contributed by atoms with Gasteiger partial charge in [0.25, 0.3) is 0 Å². The predicted molar refractivity (Wildman–Crippen MR) is 81.5 cm³/mol. The van der Waals surface area contributed by atoms with Crippen molar-refractivity contribution in [1.29, 1.82) is 0 Å². The summed E-state index contributed by atoms with van der Waals surface area (Å²) in [6.07, 6.45) is 1.81. The second kappa shape index (κ2) is 5.72. The van der Waals surface area contributed by atoms with Crippen LogP contribution in [0.3, 0.4) is 0 Å². The molecule has 3 N–H and O–H groups in total. The summed E-state index contributed by atoms with van der Waals surface area (Å²) >= 11 is 0. The molecule has 110 valence electrons. The quantitative estimate of drug-likeness (QED) is 0.789. The first kappa shape index (κ1) is 13.9. The lowest BCUT2D eigenvalue weighted by Crippen LogP contribution is -2.46. The van der Waals surface area contributed by atoms with Gasteiger partial charge in [-0.2, -0.15) is 0 Å². The highest BCUT2D eigenvalue weighted by atomic mass is 16.3. The topological polar surface area (TPSA) is 47.5 Å². The summed E-state index contributed by atoms with van der Waals surface area (Å²) in [6.45, 7) is 5.20. The lowest BCUT2D eigenvalue weighted by Gasteiger charge is -2.41. The zero-order chi connectivity index (χ0) is 14.1. The Morgan fingerprint density at radius 1 is 1.40 bits per heavy atom. The molecule has 1 aromatic rings. The highest BCUT2D eigenvalue weighted by Gasteiger charge is 2.37. The van der Waals surface area contributed by atoms with Crippen molar-refractivity contribution in [3.05, 3.63) is 29.3 Å². The number of rotatable bonds is 3. The first-order chi connectivity index (χ1) is 9.69. The van der Waals surface area contributed by atoms with Gasteiger partial charge in [0.05, 0.1) is 0 Å². The van der Waals surface area contributed by atoms with Crippen LogP contribution in [0.1, 0.15) is 36.9 Å². The summed E-state index contributed by atoms with van der Waals surface area (Å²) in [5, 5.41) is 17.2. The third-order valence-electron chi connectivity index (χ3n) is 4.66. The lowest BCUT2D eigenvalue weighted by atomic mass is 9.81. The molecule has 0 saturated carbocycles. The average Bonchev–Trinajstić information content (AvgIpc) is 2.47. The molecule has 2 aliphatic rings. The van der Waals surface area contributed by atoms with E-state index in [9.17, 15) is 5.11 Å². The van der Waals surface area contributed by atoms with E-state index < -0.39 is 6.23 Å². The Hall–Kier alpha value is -1.10. The summed E-state index contributed by atoms with van der Waals surface area (Å²) in [6, 6.07) is 6.94. The van der Waals surface area contributed by atoms with Crippen molar-refractivity contribution in [2.45, 2.75) is 38.6 Å². The van der Waals surface area contributed by atoms with Crippen molar-refractivity contribution < 1.29 is 5.11 Å². The second-order valence-electron chi connectivity index (χ2n) is 6.08. The van der Waals surface area contributed by atoms with Gasteiger partial charge in [-0.25, -0.2) is 0 Å². The van der Waals surface area contributed by atoms with Gasteiger partial charge in [-0.05, 0) is 50.2 Å². The SMILES string of the molecule is CCN(C)Cc1ccc2c(c1)NC(O)C1CCCN[C@H]21. The molecule has 0 aromatic heterocycles. The predicted octanol–water partition coefficient (Wildman–Crippen LogP) is 1.92. The van der Waals surface area contributed by atoms with Crippen LogP contribution >= 0.6 is 0 Å². The van der Waals surface area contributed by atoms with Gasteiger partial charge >= 0.3 is 0 Å². The van der Waals surface area contributed by atoms with E-state index in [0.717, 1.165) is 38.2 Å². The van der Waals surface area contributed by atoms with Crippen LogP contribution in [0.15, 0.2) is 18.2 Å². The third-order valence-corrected chi connectivity index (χ3v) is 4.66. The smallest absolute Gasteiger partial charge is 0.129 e. The summed E-state index contributed by atoms with van der Waals surface area (Å²) in [5.74, 6) is 0.292. The minimum atomic E-state index is -0.431. The Morgan fingerprint density at radius 3 is 3.05 bits per heavy atom. The maximum Gasteiger partial charge on any atom is 0.129 e. The fraction of sp³-hybridized carbons (Fsp3) is 0.625. The minimum absolute atomic E-state index is 0.292. The Kier molecular flexibility index (Phi) is 3.96. The van der Waals surface area contributed by atoms with Crippen LogP contribution in [-0.4, -0.2) is 36.4 Å². The number of benzene rings is 1. The number of nitrogens with zero attached hydrogens (tertiary/aromatic N) is 1. The van der Waals surface area contributed by atoms with Crippen molar-refractivity contribution in [3.63, 3.8) is 0 Å². The molecule has 0 spiro atoms. The third kappa shape index (κ3) is 2.55. The molecular formula is C16H25N3O.